The van der Waals surface area contributed by atoms with E-state index in [1.54, 1.807) is 7.11 Å². The van der Waals surface area contributed by atoms with Crippen LogP contribution in [0, 0.1) is 0 Å². The molecule has 1 N–H and O–H groups in total. The molecule has 0 aliphatic carbocycles. The zero-order chi connectivity index (χ0) is 14.7. The SMILES string of the molecule is CNc1cc(COC)nc(C2COc3ccccc3O2)n1. The molecule has 2 aromatic rings. The maximum atomic E-state index is 5.93. The molecule has 1 aromatic heterocycles. The summed E-state index contributed by atoms with van der Waals surface area (Å²) >= 11 is 0. The standard InChI is InChI=1S/C15H17N3O3/c1-16-14-7-10(8-19-2)17-15(18-14)13-9-20-11-5-3-4-6-12(11)21-13/h3-7,13H,8-9H2,1-2H3,(H,16,17,18). The highest BCUT2D eigenvalue weighted by atomic mass is 16.6. The molecule has 1 unspecified atom stereocenters. The van der Waals surface area contributed by atoms with Crippen molar-refractivity contribution in [3.05, 3.63) is 41.9 Å². The van der Waals surface area contributed by atoms with Crippen molar-refractivity contribution in [1.82, 2.24) is 9.97 Å². The van der Waals surface area contributed by atoms with Crippen LogP contribution in [-0.4, -0.2) is 30.7 Å². The van der Waals surface area contributed by atoms with Gasteiger partial charge in [-0.3, -0.25) is 0 Å². The van der Waals surface area contributed by atoms with E-state index in [-0.39, 0.29) is 6.10 Å². The Morgan fingerprint density at radius 1 is 1.29 bits per heavy atom. The van der Waals surface area contributed by atoms with Crippen LogP contribution >= 0.6 is 0 Å². The molecule has 0 saturated heterocycles. The number of aromatic nitrogens is 2. The van der Waals surface area contributed by atoms with Crippen molar-refractivity contribution in [2.75, 3.05) is 26.1 Å². The second kappa shape index (κ2) is 5.97. The van der Waals surface area contributed by atoms with Gasteiger partial charge in [0.25, 0.3) is 0 Å². The molecule has 3 rings (SSSR count). The van der Waals surface area contributed by atoms with E-state index < -0.39 is 0 Å². The van der Waals surface area contributed by atoms with Crippen LogP contribution in [0.4, 0.5) is 5.82 Å². The Morgan fingerprint density at radius 3 is 2.86 bits per heavy atom. The molecule has 0 bridgehead atoms. The van der Waals surface area contributed by atoms with Crippen LogP contribution in [-0.2, 0) is 11.3 Å². The van der Waals surface area contributed by atoms with Crippen LogP contribution in [0.1, 0.15) is 17.6 Å². The average Bonchev–Trinajstić information content (AvgIpc) is 2.54. The van der Waals surface area contributed by atoms with E-state index in [1.807, 2.05) is 37.4 Å². The van der Waals surface area contributed by atoms with Gasteiger partial charge in [-0.05, 0) is 12.1 Å². The summed E-state index contributed by atoms with van der Waals surface area (Å²) < 4.78 is 16.8. The first-order valence-electron chi connectivity index (χ1n) is 6.73. The summed E-state index contributed by atoms with van der Waals surface area (Å²) in [6.45, 7) is 0.810. The zero-order valence-corrected chi connectivity index (χ0v) is 12.0. The largest absolute Gasteiger partial charge is 0.485 e. The molecule has 110 valence electrons. The van der Waals surface area contributed by atoms with E-state index >= 15 is 0 Å². The van der Waals surface area contributed by atoms with Crippen molar-refractivity contribution < 1.29 is 14.2 Å². The molecule has 1 atom stereocenters. The normalized spacial score (nSPS) is 16.6. The smallest absolute Gasteiger partial charge is 0.192 e. The Morgan fingerprint density at radius 2 is 2.10 bits per heavy atom. The molecule has 6 nitrogen and oxygen atoms in total. The van der Waals surface area contributed by atoms with Crippen molar-refractivity contribution in [2.45, 2.75) is 12.7 Å². The third kappa shape index (κ3) is 2.90. The van der Waals surface area contributed by atoms with Crippen LogP contribution < -0.4 is 14.8 Å². The van der Waals surface area contributed by atoms with Crippen molar-refractivity contribution >= 4 is 5.82 Å². The number of hydrogen-bond acceptors (Lipinski definition) is 6. The first-order valence-corrected chi connectivity index (χ1v) is 6.73. The summed E-state index contributed by atoms with van der Waals surface area (Å²) in [5, 5.41) is 3.02. The van der Waals surface area contributed by atoms with Gasteiger partial charge in [0.2, 0.25) is 0 Å². The molecule has 1 aliphatic rings. The fourth-order valence-electron chi connectivity index (χ4n) is 2.16. The van der Waals surface area contributed by atoms with E-state index in [0.717, 1.165) is 17.3 Å². The van der Waals surface area contributed by atoms with Gasteiger partial charge >= 0.3 is 0 Å². The molecule has 0 amide bonds. The fraction of sp³-hybridized carbons (Fsp3) is 0.333. The molecule has 1 aromatic carbocycles. The number of hydrogen-bond donors (Lipinski definition) is 1. The van der Waals surface area contributed by atoms with E-state index in [2.05, 4.69) is 15.3 Å². The summed E-state index contributed by atoms with van der Waals surface area (Å²) in [6.07, 6.45) is -0.330. The number of para-hydroxylation sites is 2. The minimum absolute atomic E-state index is 0.330. The minimum Gasteiger partial charge on any atom is -0.485 e. The van der Waals surface area contributed by atoms with Gasteiger partial charge in [-0.25, -0.2) is 9.97 Å². The fourth-order valence-corrected chi connectivity index (χ4v) is 2.16. The first-order chi connectivity index (χ1) is 10.3. The van der Waals surface area contributed by atoms with Gasteiger partial charge in [0.05, 0.1) is 12.3 Å². The number of nitrogens with one attached hydrogen (secondary N) is 1. The highest BCUT2D eigenvalue weighted by Gasteiger charge is 2.25. The minimum atomic E-state index is -0.330. The molecule has 0 saturated carbocycles. The summed E-state index contributed by atoms with van der Waals surface area (Å²) in [6, 6.07) is 9.43. The van der Waals surface area contributed by atoms with Gasteiger partial charge in [-0.2, -0.15) is 0 Å². The van der Waals surface area contributed by atoms with E-state index in [1.165, 1.54) is 0 Å². The Bertz CT molecular complexity index is 633. The van der Waals surface area contributed by atoms with Gasteiger partial charge < -0.3 is 19.5 Å². The maximum Gasteiger partial charge on any atom is 0.192 e. The van der Waals surface area contributed by atoms with Gasteiger partial charge in [0, 0.05) is 20.2 Å². The second-order valence-corrected chi connectivity index (χ2v) is 4.65. The first kappa shape index (κ1) is 13.6. The van der Waals surface area contributed by atoms with Crippen LogP contribution in [0.5, 0.6) is 11.5 Å². The predicted molar refractivity (Wildman–Crippen MR) is 77.6 cm³/mol. The van der Waals surface area contributed by atoms with E-state index in [4.69, 9.17) is 14.2 Å². The molecule has 0 radical (unpaired) electrons. The predicted octanol–water partition coefficient (Wildman–Crippen LogP) is 2.18. The number of benzene rings is 1. The lowest BCUT2D eigenvalue weighted by molar-refractivity contribution is 0.0844. The lowest BCUT2D eigenvalue weighted by atomic mass is 10.2. The number of methoxy groups -OCH3 is 1. The molecule has 0 spiro atoms. The van der Waals surface area contributed by atoms with Crippen molar-refractivity contribution in [2.24, 2.45) is 0 Å². The van der Waals surface area contributed by atoms with Crippen LogP contribution in [0.15, 0.2) is 30.3 Å². The average molecular weight is 287 g/mol. The lowest BCUT2D eigenvalue weighted by Gasteiger charge is -2.25. The maximum absolute atomic E-state index is 5.93. The zero-order valence-electron chi connectivity index (χ0n) is 12.0. The molecule has 2 heterocycles. The van der Waals surface area contributed by atoms with Gasteiger partial charge in [-0.15, -0.1) is 0 Å². The number of nitrogens with zero attached hydrogens (tertiary/aromatic N) is 2. The molecule has 0 fully saturated rings. The number of anilines is 1. The highest BCUT2D eigenvalue weighted by molar-refractivity contribution is 5.41. The van der Waals surface area contributed by atoms with Crippen LogP contribution in [0.2, 0.25) is 0 Å². The Balaban J connectivity index is 1.89. The topological polar surface area (TPSA) is 65.5 Å². The van der Waals surface area contributed by atoms with Crippen molar-refractivity contribution in [3.63, 3.8) is 0 Å². The molecule has 6 heteroatoms. The third-order valence-electron chi connectivity index (χ3n) is 3.14. The summed E-state index contributed by atoms with van der Waals surface area (Å²) in [5.74, 6) is 2.77. The van der Waals surface area contributed by atoms with Crippen molar-refractivity contribution in [3.8, 4) is 11.5 Å². The van der Waals surface area contributed by atoms with Crippen LogP contribution in [0.3, 0.4) is 0 Å². The Labute approximate surface area is 123 Å². The van der Waals surface area contributed by atoms with E-state index in [9.17, 15) is 0 Å². The van der Waals surface area contributed by atoms with Gasteiger partial charge in [-0.1, -0.05) is 12.1 Å². The Kier molecular flexibility index (Phi) is 3.87. The Hall–Kier alpha value is -2.34. The number of ether oxygens (including phenoxy) is 3. The molecule has 1 aliphatic heterocycles. The molecular formula is C15H17N3O3. The highest BCUT2D eigenvalue weighted by Crippen LogP contribution is 2.35. The van der Waals surface area contributed by atoms with Gasteiger partial charge in [0.15, 0.2) is 23.4 Å². The lowest BCUT2D eigenvalue weighted by Crippen LogP contribution is -2.24. The van der Waals surface area contributed by atoms with E-state index in [0.29, 0.717) is 24.8 Å². The molecule has 21 heavy (non-hydrogen) atoms. The second-order valence-electron chi connectivity index (χ2n) is 4.65. The number of fused-ring (bicyclic) bond motifs is 1. The summed E-state index contributed by atoms with van der Waals surface area (Å²) in [5.41, 5.74) is 0.800. The number of rotatable bonds is 4. The summed E-state index contributed by atoms with van der Waals surface area (Å²) in [7, 11) is 3.45. The quantitative estimate of drug-likeness (QED) is 0.929. The third-order valence-corrected chi connectivity index (χ3v) is 3.14. The summed E-state index contributed by atoms with van der Waals surface area (Å²) in [4.78, 5) is 8.93. The van der Waals surface area contributed by atoms with Gasteiger partial charge in [0.1, 0.15) is 12.4 Å². The molecular weight excluding hydrogens is 270 g/mol. The van der Waals surface area contributed by atoms with Crippen molar-refractivity contribution in [1.29, 1.82) is 0 Å². The monoisotopic (exact) mass is 287 g/mol. The van der Waals surface area contributed by atoms with Crippen LogP contribution in [0.25, 0.3) is 0 Å².